The number of methoxy groups -OCH3 is 1. The molecule has 20 heavy (non-hydrogen) atoms. The predicted molar refractivity (Wildman–Crippen MR) is 80.8 cm³/mol. The van der Waals surface area contributed by atoms with Crippen LogP contribution in [0.25, 0.3) is 0 Å². The Hall–Kier alpha value is -2.08. The van der Waals surface area contributed by atoms with Crippen LogP contribution in [0.2, 0.25) is 0 Å². The number of ether oxygens (including phenoxy) is 1. The summed E-state index contributed by atoms with van der Waals surface area (Å²) in [7, 11) is 1.58. The van der Waals surface area contributed by atoms with Crippen molar-refractivity contribution < 1.29 is 9.53 Å². The number of rotatable bonds is 7. The van der Waals surface area contributed by atoms with Crippen molar-refractivity contribution in [1.82, 2.24) is 5.32 Å². The normalized spacial score (nSPS) is 11.2. The van der Waals surface area contributed by atoms with E-state index in [0.29, 0.717) is 13.2 Å². The van der Waals surface area contributed by atoms with E-state index in [1.165, 1.54) is 5.56 Å². The Labute approximate surface area is 119 Å². The number of aliphatic imine (C=N–C) groups is 1. The van der Waals surface area contributed by atoms with Gasteiger partial charge >= 0.3 is 0 Å². The molecular formula is C14H22N4O2. The molecule has 0 saturated carbocycles. The summed E-state index contributed by atoms with van der Waals surface area (Å²) in [5, 5.41) is 5.60. The summed E-state index contributed by atoms with van der Waals surface area (Å²) in [5.74, 6) is 0.0317. The molecule has 0 atom stereocenters. The van der Waals surface area contributed by atoms with Crippen molar-refractivity contribution in [2.45, 2.75) is 13.3 Å². The molecule has 6 heteroatoms. The molecule has 1 rings (SSSR count). The van der Waals surface area contributed by atoms with Crippen molar-refractivity contribution in [3.8, 4) is 0 Å². The molecule has 1 amide bonds. The summed E-state index contributed by atoms with van der Waals surface area (Å²) < 4.78 is 4.83. The minimum absolute atomic E-state index is 0.00437. The van der Waals surface area contributed by atoms with Crippen molar-refractivity contribution in [1.29, 1.82) is 0 Å². The molecule has 0 aliphatic heterocycles. The first kappa shape index (κ1) is 16.0. The molecular weight excluding hydrogens is 256 g/mol. The lowest BCUT2D eigenvalue weighted by Gasteiger charge is -2.06. The monoisotopic (exact) mass is 278 g/mol. The van der Waals surface area contributed by atoms with E-state index in [2.05, 4.69) is 22.5 Å². The Kier molecular flexibility index (Phi) is 7.13. The molecule has 0 heterocycles. The zero-order valence-electron chi connectivity index (χ0n) is 12.0. The van der Waals surface area contributed by atoms with E-state index in [9.17, 15) is 4.79 Å². The first-order valence-corrected chi connectivity index (χ1v) is 6.57. The average Bonchev–Trinajstić information content (AvgIpc) is 2.46. The van der Waals surface area contributed by atoms with Gasteiger partial charge in [-0.1, -0.05) is 19.1 Å². The molecule has 0 bridgehead atoms. The van der Waals surface area contributed by atoms with Crippen LogP contribution < -0.4 is 16.4 Å². The lowest BCUT2D eigenvalue weighted by Crippen LogP contribution is -2.31. The highest BCUT2D eigenvalue weighted by atomic mass is 16.5. The Morgan fingerprint density at radius 1 is 1.35 bits per heavy atom. The Bertz CT molecular complexity index is 443. The van der Waals surface area contributed by atoms with Crippen LogP contribution in [0, 0.1) is 0 Å². The third-order valence-corrected chi connectivity index (χ3v) is 2.66. The molecule has 110 valence electrons. The van der Waals surface area contributed by atoms with E-state index in [1.807, 2.05) is 24.3 Å². The van der Waals surface area contributed by atoms with Crippen LogP contribution in [0.3, 0.4) is 0 Å². The zero-order chi connectivity index (χ0) is 14.8. The van der Waals surface area contributed by atoms with Gasteiger partial charge in [-0.05, 0) is 24.1 Å². The summed E-state index contributed by atoms with van der Waals surface area (Å²) in [4.78, 5) is 15.4. The summed E-state index contributed by atoms with van der Waals surface area (Å²) in [6, 6.07) is 7.90. The van der Waals surface area contributed by atoms with E-state index < -0.39 is 0 Å². The molecule has 0 radical (unpaired) electrons. The highest BCUT2D eigenvalue weighted by molar-refractivity contribution is 5.93. The average molecular weight is 278 g/mol. The molecule has 0 saturated heterocycles. The van der Waals surface area contributed by atoms with Gasteiger partial charge in [0.05, 0.1) is 6.61 Å². The topological polar surface area (TPSA) is 88.7 Å². The second-order valence-electron chi connectivity index (χ2n) is 4.22. The number of amides is 1. The van der Waals surface area contributed by atoms with Gasteiger partial charge in [0.2, 0.25) is 5.91 Å². The van der Waals surface area contributed by atoms with Crippen LogP contribution >= 0.6 is 0 Å². The highest BCUT2D eigenvalue weighted by Crippen LogP contribution is 2.09. The van der Waals surface area contributed by atoms with Gasteiger partial charge in [-0.3, -0.25) is 4.79 Å². The molecule has 0 fully saturated rings. The van der Waals surface area contributed by atoms with E-state index in [1.54, 1.807) is 7.11 Å². The van der Waals surface area contributed by atoms with Crippen molar-refractivity contribution in [2.24, 2.45) is 10.7 Å². The Morgan fingerprint density at radius 2 is 2.05 bits per heavy atom. The standard InChI is InChI=1S/C14H22N4O2/c1-3-11-4-6-12(7-5-11)18-14(15)17-10-13(19)16-8-9-20-2/h4-7H,3,8-10H2,1-2H3,(H,16,19)(H3,15,17,18). The number of benzene rings is 1. The number of carbonyl (C=O) groups is 1. The van der Waals surface area contributed by atoms with E-state index in [0.717, 1.165) is 12.1 Å². The quantitative estimate of drug-likeness (QED) is 0.390. The zero-order valence-corrected chi connectivity index (χ0v) is 12.0. The summed E-state index contributed by atoms with van der Waals surface area (Å²) >= 11 is 0. The lowest BCUT2D eigenvalue weighted by atomic mass is 10.1. The van der Waals surface area contributed by atoms with E-state index in [-0.39, 0.29) is 18.4 Å². The SMILES string of the molecule is CCc1ccc(NC(N)=NCC(=O)NCCOC)cc1. The maximum absolute atomic E-state index is 11.4. The van der Waals surface area contributed by atoms with Crippen LogP contribution in [0.1, 0.15) is 12.5 Å². The van der Waals surface area contributed by atoms with Gasteiger partial charge in [0.1, 0.15) is 6.54 Å². The van der Waals surface area contributed by atoms with Crippen LogP contribution in [-0.4, -0.2) is 38.7 Å². The fraction of sp³-hybridized carbons (Fsp3) is 0.429. The molecule has 0 unspecified atom stereocenters. The number of aryl methyl sites for hydroxylation is 1. The third-order valence-electron chi connectivity index (χ3n) is 2.66. The number of carbonyl (C=O) groups excluding carboxylic acids is 1. The van der Waals surface area contributed by atoms with Crippen LogP contribution in [0.4, 0.5) is 5.69 Å². The van der Waals surface area contributed by atoms with E-state index in [4.69, 9.17) is 10.5 Å². The van der Waals surface area contributed by atoms with Gasteiger partial charge in [-0.15, -0.1) is 0 Å². The molecule has 6 nitrogen and oxygen atoms in total. The van der Waals surface area contributed by atoms with Gasteiger partial charge in [0.15, 0.2) is 5.96 Å². The minimum atomic E-state index is -0.187. The molecule has 0 aliphatic carbocycles. The summed E-state index contributed by atoms with van der Waals surface area (Å²) in [5.41, 5.74) is 7.82. The molecule has 1 aromatic rings. The number of hydrogen-bond acceptors (Lipinski definition) is 3. The maximum atomic E-state index is 11.4. The summed E-state index contributed by atoms with van der Waals surface area (Å²) in [6.07, 6.45) is 0.992. The lowest BCUT2D eigenvalue weighted by molar-refractivity contribution is -0.119. The van der Waals surface area contributed by atoms with Gasteiger partial charge in [-0.2, -0.15) is 0 Å². The number of guanidine groups is 1. The fourth-order valence-electron chi connectivity index (χ4n) is 1.52. The number of nitrogens with two attached hydrogens (primary N) is 1. The number of anilines is 1. The highest BCUT2D eigenvalue weighted by Gasteiger charge is 2.00. The first-order valence-electron chi connectivity index (χ1n) is 6.57. The molecule has 1 aromatic carbocycles. The van der Waals surface area contributed by atoms with E-state index >= 15 is 0 Å². The third kappa shape index (κ3) is 6.19. The fourth-order valence-corrected chi connectivity index (χ4v) is 1.52. The van der Waals surface area contributed by atoms with Gasteiger partial charge < -0.3 is 21.1 Å². The number of nitrogens with one attached hydrogen (secondary N) is 2. The predicted octanol–water partition coefficient (Wildman–Crippen LogP) is 0.738. The van der Waals surface area contributed by atoms with Crippen LogP contribution in [-0.2, 0) is 16.0 Å². The van der Waals surface area contributed by atoms with Crippen LogP contribution in [0.5, 0.6) is 0 Å². The Morgan fingerprint density at radius 3 is 2.65 bits per heavy atom. The number of hydrogen-bond donors (Lipinski definition) is 3. The molecule has 0 spiro atoms. The summed E-state index contributed by atoms with van der Waals surface area (Å²) in [6.45, 7) is 3.04. The van der Waals surface area contributed by atoms with Gasteiger partial charge in [0.25, 0.3) is 0 Å². The van der Waals surface area contributed by atoms with Gasteiger partial charge in [-0.25, -0.2) is 4.99 Å². The van der Waals surface area contributed by atoms with Crippen molar-refractivity contribution >= 4 is 17.6 Å². The first-order chi connectivity index (χ1) is 9.65. The number of nitrogens with zero attached hydrogens (tertiary/aromatic N) is 1. The van der Waals surface area contributed by atoms with Crippen LogP contribution in [0.15, 0.2) is 29.3 Å². The largest absolute Gasteiger partial charge is 0.383 e. The molecule has 0 aliphatic rings. The molecule has 4 N–H and O–H groups in total. The smallest absolute Gasteiger partial charge is 0.241 e. The van der Waals surface area contributed by atoms with Gasteiger partial charge in [0, 0.05) is 19.3 Å². The second-order valence-corrected chi connectivity index (χ2v) is 4.22. The second kappa shape index (κ2) is 8.92. The van der Waals surface area contributed by atoms with Crippen molar-refractivity contribution in [2.75, 3.05) is 32.1 Å². The Balaban J connectivity index is 2.38. The van der Waals surface area contributed by atoms with Crippen molar-refractivity contribution in [3.05, 3.63) is 29.8 Å². The maximum Gasteiger partial charge on any atom is 0.241 e. The van der Waals surface area contributed by atoms with Crippen molar-refractivity contribution in [3.63, 3.8) is 0 Å². The minimum Gasteiger partial charge on any atom is -0.383 e. The molecule has 0 aromatic heterocycles.